The first-order valence-electron chi connectivity index (χ1n) is 6.72. The summed E-state index contributed by atoms with van der Waals surface area (Å²) < 4.78 is 0. The van der Waals surface area contributed by atoms with Crippen molar-refractivity contribution in [1.29, 1.82) is 0 Å². The monoisotopic (exact) mass is 296 g/mol. The van der Waals surface area contributed by atoms with E-state index in [0.29, 0.717) is 12.8 Å². The summed E-state index contributed by atoms with van der Waals surface area (Å²) in [5.74, 6) is -1.08. The number of thiazole rings is 1. The van der Waals surface area contributed by atoms with Gasteiger partial charge in [0.05, 0.1) is 11.0 Å². The fourth-order valence-corrected chi connectivity index (χ4v) is 3.34. The maximum absolute atomic E-state index is 12.2. The molecule has 2 N–H and O–H groups in total. The van der Waals surface area contributed by atoms with Crippen molar-refractivity contribution in [2.45, 2.75) is 52.0 Å². The van der Waals surface area contributed by atoms with Crippen LogP contribution in [0.2, 0.25) is 0 Å². The highest BCUT2D eigenvalue weighted by Gasteiger charge is 2.46. The Morgan fingerprint density at radius 2 is 2.15 bits per heavy atom. The topological polar surface area (TPSA) is 79.3 Å². The molecule has 1 aromatic heterocycles. The number of hydrogen-bond acceptors (Lipinski definition) is 4. The number of aryl methyl sites for hydroxylation is 1. The molecule has 1 aliphatic rings. The highest BCUT2D eigenvalue weighted by molar-refractivity contribution is 7.09. The molecule has 0 bridgehead atoms. The normalized spacial score (nSPS) is 17.4. The smallest absolute Gasteiger partial charge is 0.310 e. The van der Waals surface area contributed by atoms with Gasteiger partial charge in [-0.1, -0.05) is 6.42 Å². The maximum atomic E-state index is 12.2. The lowest BCUT2D eigenvalue weighted by atomic mass is 9.66. The number of hydrogen-bond donors (Lipinski definition) is 2. The quantitative estimate of drug-likeness (QED) is 0.874. The van der Waals surface area contributed by atoms with Gasteiger partial charge < -0.3 is 10.4 Å². The number of aromatic nitrogens is 1. The molecule has 0 aromatic carbocycles. The van der Waals surface area contributed by atoms with E-state index in [-0.39, 0.29) is 12.3 Å². The third-order valence-corrected chi connectivity index (χ3v) is 5.15. The van der Waals surface area contributed by atoms with Crippen molar-refractivity contribution in [1.82, 2.24) is 10.3 Å². The lowest BCUT2D eigenvalue weighted by Crippen LogP contribution is -2.47. The molecule has 5 nitrogen and oxygen atoms in total. The Hall–Kier alpha value is -1.43. The van der Waals surface area contributed by atoms with Crippen LogP contribution in [0.3, 0.4) is 0 Å². The zero-order valence-corrected chi connectivity index (χ0v) is 12.8. The second kappa shape index (κ2) is 5.16. The molecule has 0 radical (unpaired) electrons. The molecule has 1 saturated carbocycles. The zero-order valence-electron chi connectivity index (χ0n) is 12.0. The largest absolute Gasteiger partial charge is 0.481 e. The maximum Gasteiger partial charge on any atom is 0.310 e. The Morgan fingerprint density at radius 3 is 2.55 bits per heavy atom. The van der Waals surface area contributed by atoms with Crippen LogP contribution in [0.4, 0.5) is 0 Å². The van der Waals surface area contributed by atoms with Gasteiger partial charge in [-0.05, 0) is 33.6 Å². The van der Waals surface area contributed by atoms with E-state index < -0.39 is 16.9 Å². The van der Waals surface area contributed by atoms with Crippen LogP contribution in [0.1, 0.15) is 50.2 Å². The van der Waals surface area contributed by atoms with Gasteiger partial charge in [-0.2, -0.15) is 0 Å². The number of carboxylic acids is 1. The number of rotatable bonds is 5. The molecule has 0 saturated heterocycles. The average molecular weight is 296 g/mol. The minimum Gasteiger partial charge on any atom is -0.481 e. The molecule has 1 amide bonds. The molecule has 1 heterocycles. The summed E-state index contributed by atoms with van der Waals surface area (Å²) >= 11 is 1.50. The molecular weight excluding hydrogens is 276 g/mol. The first-order valence-corrected chi connectivity index (χ1v) is 7.60. The molecule has 110 valence electrons. The van der Waals surface area contributed by atoms with E-state index in [0.717, 1.165) is 17.1 Å². The summed E-state index contributed by atoms with van der Waals surface area (Å²) in [5.41, 5.74) is -0.494. The molecule has 20 heavy (non-hydrogen) atoms. The van der Waals surface area contributed by atoms with Crippen LogP contribution < -0.4 is 5.32 Å². The second-order valence-corrected chi connectivity index (χ2v) is 6.94. The van der Waals surface area contributed by atoms with Crippen LogP contribution in [0.15, 0.2) is 5.38 Å². The Balaban J connectivity index is 2.02. The summed E-state index contributed by atoms with van der Waals surface area (Å²) in [4.78, 5) is 27.8. The Morgan fingerprint density at radius 1 is 1.50 bits per heavy atom. The van der Waals surface area contributed by atoms with E-state index in [4.69, 9.17) is 0 Å². The average Bonchev–Trinajstić information content (AvgIpc) is 2.70. The van der Waals surface area contributed by atoms with E-state index in [1.54, 1.807) is 0 Å². The van der Waals surface area contributed by atoms with E-state index >= 15 is 0 Å². The number of nitrogens with one attached hydrogen (secondary N) is 1. The summed E-state index contributed by atoms with van der Waals surface area (Å²) in [5, 5.41) is 14.9. The molecule has 1 aromatic rings. The van der Waals surface area contributed by atoms with E-state index in [1.807, 2.05) is 26.2 Å². The Bertz CT molecular complexity index is 532. The minimum absolute atomic E-state index is 0.0517. The molecule has 6 heteroatoms. The lowest BCUT2D eigenvalue weighted by molar-refractivity contribution is -0.157. The predicted molar refractivity (Wildman–Crippen MR) is 76.6 cm³/mol. The third-order valence-electron chi connectivity index (χ3n) is 3.87. The van der Waals surface area contributed by atoms with Crippen LogP contribution in [0.25, 0.3) is 0 Å². The van der Waals surface area contributed by atoms with Gasteiger partial charge in [-0.15, -0.1) is 11.3 Å². The number of nitrogens with zero attached hydrogens (tertiary/aromatic N) is 1. The highest BCUT2D eigenvalue weighted by atomic mass is 32.1. The fraction of sp³-hybridized carbons (Fsp3) is 0.643. The van der Waals surface area contributed by atoms with Gasteiger partial charge in [0, 0.05) is 17.5 Å². The van der Waals surface area contributed by atoms with Crippen molar-refractivity contribution in [2.24, 2.45) is 5.41 Å². The van der Waals surface area contributed by atoms with Crippen molar-refractivity contribution in [3.05, 3.63) is 16.1 Å². The van der Waals surface area contributed by atoms with Crippen LogP contribution in [-0.2, 0) is 15.1 Å². The Kier molecular flexibility index (Phi) is 3.86. The molecular formula is C14H20N2O3S. The number of carbonyl (C=O) groups excluding carboxylic acids is 1. The molecule has 1 fully saturated rings. The van der Waals surface area contributed by atoms with E-state index in [9.17, 15) is 14.7 Å². The van der Waals surface area contributed by atoms with Crippen LogP contribution >= 0.6 is 11.3 Å². The first-order chi connectivity index (χ1) is 9.25. The minimum atomic E-state index is -0.859. The fourth-order valence-electron chi connectivity index (χ4n) is 2.46. The molecule has 2 rings (SSSR count). The lowest BCUT2D eigenvalue weighted by Gasteiger charge is -2.37. The molecule has 0 unspecified atom stereocenters. The number of carbonyl (C=O) groups is 2. The molecule has 1 aliphatic carbocycles. The van der Waals surface area contributed by atoms with Gasteiger partial charge in [-0.3, -0.25) is 9.59 Å². The van der Waals surface area contributed by atoms with Crippen molar-refractivity contribution in [3.8, 4) is 0 Å². The summed E-state index contributed by atoms with van der Waals surface area (Å²) in [6.07, 6.45) is 2.11. The number of aliphatic carboxylic acids is 1. The summed E-state index contributed by atoms with van der Waals surface area (Å²) in [6, 6.07) is 0. The zero-order chi connectivity index (χ0) is 15.0. The van der Waals surface area contributed by atoms with Gasteiger partial charge in [0.1, 0.15) is 5.01 Å². The van der Waals surface area contributed by atoms with E-state index in [2.05, 4.69) is 10.3 Å². The van der Waals surface area contributed by atoms with Crippen molar-refractivity contribution in [3.63, 3.8) is 0 Å². The summed E-state index contributed by atoms with van der Waals surface area (Å²) in [6.45, 7) is 5.68. The SMILES string of the molecule is Cc1csc(C(C)(C)NC(=O)CC2(C(=O)O)CCC2)n1. The van der Waals surface area contributed by atoms with Crippen LogP contribution in [0, 0.1) is 12.3 Å². The Labute approximate surface area is 122 Å². The van der Waals surface area contributed by atoms with Gasteiger partial charge in [0.15, 0.2) is 0 Å². The van der Waals surface area contributed by atoms with E-state index in [1.165, 1.54) is 11.3 Å². The second-order valence-electron chi connectivity index (χ2n) is 6.08. The van der Waals surface area contributed by atoms with Crippen LogP contribution in [-0.4, -0.2) is 22.0 Å². The van der Waals surface area contributed by atoms with Gasteiger partial charge in [-0.25, -0.2) is 4.98 Å². The van der Waals surface area contributed by atoms with Crippen LogP contribution in [0.5, 0.6) is 0 Å². The molecule has 0 spiro atoms. The summed E-state index contributed by atoms with van der Waals surface area (Å²) in [7, 11) is 0. The first kappa shape index (κ1) is 15.0. The predicted octanol–water partition coefficient (Wildman–Crippen LogP) is 2.45. The van der Waals surface area contributed by atoms with Gasteiger partial charge in [0.25, 0.3) is 0 Å². The van der Waals surface area contributed by atoms with Crippen molar-refractivity contribution >= 4 is 23.2 Å². The van der Waals surface area contributed by atoms with Gasteiger partial charge >= 0.3 is 5.97 Å². The van der Waals surface area contributed by atoms with Crippen molar-refractivity contribution < 1.29 is 14.7 Å². The molecule has 0 atom stereocenters. The third kappa shape index (κ3) is 2.85. The van der Waals surface area contributed by atoms with Crippen molar-refractivity contribution in [2.75, 3.05) is 0 Å². The van der Waals surface area contributed by atoms with Gasteiger partial charge in [0.2, 0.25) is 5.91 Å². The molecule has 0 aliphatic heterocycles. The number of amides is 1. The standard InChI is InChI=1S/C14H20N2O3S/c1-9-8-20-11(15-9)13(2,3)16-10(17)7-14(12(18)19)5-4-6-14/h8H,4-7H2,1-3H3,(H,16,17)(H,18,19). The number of carboxylic acid groups (broad SMARTS) is 1. The highest BCUT2D eigenvalue weighted by Crippen LogP contribution is 2.44.